The summed E-state index contributed by atoms with van der Waals surface area (Å²) >= 11 is 0. The van der Waals surface area contributed by atoms with Crippen LogP contribution >= 0.6 is 0 Å². The lowest BCUT2D eigenvalue weighted by molar-refractivity contribution is -0.274. The molecule has 0 aliphatic carbocycles. The molecule has 24 heavy (non-hydrogen) atoms. The molecule has 1 rings (SSSR count). The van der Waals surface area contributed by atoms with E-state index < -0.39 is 35.4 Å². The van der Waals surface area contributed by atoms with E-state index in [9.17, 15) is 28.2 Å². The first-order chi connectivity index (χ1) is 10.6. The predicted molar refractivity (Wildman–Crippen MR) is 81.8 cm³/mol. The molecule has 0 spiro atoms. The van der Waals surface area contributed by atoms with Gasteiger partial charge in [-0.15, -0.1) is 13.2 Å². The van der Waals surface area contributed by atoms with Crippen molar-refractivity contribution in [1.29, 1.82) is 0 Å². The molecule has 1 atom stereocenters. The zero-order valence-electron chi connectivity index (χ0n) is 14.2. The maximum absolute atomic E-state index is 12.2. The van der Waals surface area contributed by atoms with Crippen LogP contribution in [0.4, 0.5) is 18.0 Å². The lowest BCUT2D eigenvalue weighted by Crippen LogP contribution is -2.53. The van der Waals surface area contributed by atoms with E-state index in [1.165, 1.54) is 26.0 Å². The molecule has 0 aromatic heterocycles. The maximum Gasteiger partial charge on any atom is 0.573 e. The Labute approximate surface area is 138 Å². The highest BCUT2D eigenvalue weighted by Gasteiger charge is 2.42. The van der Waals surface area contributed by atoms with Crippen molar-refractivity contribution in [3.05, 3.63) is 29.8 Å². The van der Waals surface area contributed by atoms with Crippen molar-refractivity contribution in [3.8, 4) is 5.75 Å². The van der Waals surface area contributed by atoms with Crippen molar-refractivity contribution in [2.24, 2.45) is 0 Å². The molecule has 0 heterocycles. The first-order valence-corrected chi connectivity index (χ1v) is 7.23. The highest BCUT2D eigenvalue weighted by atomic mass is 19.4. The van der Waals surface area contributed by atoms with E-state index in [4.69, 9.17) is 0 Å². The number of aliphatic hydroxyl groups is 1. The topological polar surface area (TPSA) is 70.0 Å². The minimum absolute atomic E-state index is 0.356. The lowest BCUT2D eigenvalue weighted by atomic mass is 9.87. The van der Waals surface area contributed by atoms with E-state index in [-0.39, 0.29) is 0 Å². The smallest absolute Gasteiger partial charge is 0.465 e. The third-order valence-corrected chi connectivity index (χ3v) is 3.29. The summed E-state index contributed by atoms with van der Waals surface area (Å²) in [6.45, 7) is 7.89. The summed E-state index contributed by atoms with van der Waals surface area (Å²) in [5, 5.41) is 20.0. The highest BCUT2D eigenvalue weighted by molar-refractivity contribution is 5.67. The molecule has 0 aliphatic rings. The van der Waals surface area contributed by atoms with Gasteiger partial charge in [-0.1, -0.05) is 12.1 Å². The van der Waals surface area contributed by atoms with Crippen LogP contribution in [0.3, 0.4) is 0 Å². The zero-order chi connectivity index (χ0) is 18.9. The Kier molecular flexibility index (Phi) is 5.44. The molecule has 0 radical (unpaired) electrons. The molecule has 1 amide bonds. The van der Waals surface area contributed by atoms with Crippen LogP contribution in [0.1, 0.15) is 46.2 Å². The Balaban J connectivity index is 3.30. The van der Waals surface area contributed by atoms with Gasteiger partial charge in [0.15, 0.2) is 0 Å². The number of nitrogens with zero attached hydrogens (tertiary/aromatic N) is 1. The average molecular weight is 349 g/mol. The molecule has 8 heteroatoms. The fourth-order valence-electron chi connectivity index (χ4n) is 2.51. The number of benzene rings is 1. The summed E-state index contributed by atoms with van der Waals surface area (Å²) in [7, 11) is 0. The second-order valence-electron chi connectivity index (χ2n) is 7.00. The summed E-state index contributed by atoms with van der Waals surface area (Å²) in [5.74, 6) is -0.418. The summed E-state index contributed by atoms with van der Waals surface area (Å²) in [5.41, 5.74) is -1.94. The number of carboxylic acid groups (broad SMARTS) is 1. The minimum Gasteiger partial charge on any atom is -0.465 e. The van der Waals surface area contributed by atoms with Crippen LogP contribution in [-0.4, -0.2) is 38.7 Å². The number of ether oxygens (including phenoxy) is 1. The number of amides is 1. The first kappa shape index (κ1) is 20.1. The van der Waals surface area contributed by atoms with Crippen LogP contribution in [0.25, 0.3) is 0 Å². The van der Waals surface area contributed by atoms with Gasteiger partial charge in [0.1, 0.15) is 5.75 Å². The molecule has 0 aliphatic heterocycles. The van der Waals surface area contributed by atoms with Crippen molar-refractivity contribution in [2.45, 2.75) is 58.2 Å². The third kappa shape index (κ3) is 5.30. The van der Waals surface area contributed by atoms with Crippen molar-refractivity contribution >= 4 is 6.09 Å². The number of alkyl halides is 3. The van der Waals surface area contributed by atoms with Crippen molar-refractivity contribution in [1.82, 2.24) is 4.90 Å². The van der Waals surface area contributed by atoms with Gasteiger partial charge in [-0.2, -0.15) is 0 Å². The van der Waals surface area contributed by atoms with E-state index in [1.807, 2.05) is 0 Å². The number of hydrogen-bond donors (Lipinski definition) is 2. The van der Waals surface area contributed by atoms with E-state index in [0.29, 0.717) is 5.56 Å². The molecule has 1 aromatic carbocycles. The van der Waals surface area contributed by atoms with E-state index in [1.54, 1.807) is 20.8 Å². The SMILES string of the molecule is CC(C)(O)C(c1ccc(OC(F)(F)F)cc1)N(C(=O)O)C(C)(C)C. The monoisotopic (exact) mass is 349 g/mol. The molecule has 1 aromatic rings. The van der Waals surface area contributed by atoms with Crippen LogP contribution in [-0.2, 0) is 0 Å². The highest BCUT2D eigenvalue weighted by Crippen LogP contribution is 2.37. The van der Waals surface area contributed by atoms with Gasteiger partial charge < -0.3 is 14.9 Å². The molecule has 1 unspecified atom stereocenters. The number of halogens is 3. The number of carbonyl (C=O) groups is 1. The normalized spacial score (nSPS) is 14.2. The number of rotatable bonds is 4. The summed E-state index contributed by atoms with van der Waals surface area (Å²) in [6, 6.07) is 3.82. The molecule has 0 saturated heterocycles. The molecule has 5 nitrogen and oxygen atoms in total. The second kappa shape index (κ2) is 6.51. The van der Waals surface area contributed by atoms with Gasteiger partial charge in [0.25, 0.3) is 0 Å². The molecule has 0 bridgehead atoms. The van der Waals surface area contributed by atoms with Crippen molar-refractivity contribution in [2.75, 3.05) is 0 Å². The van der Waals surface area contributed by atoms with Gasteiger partial charge in [0.05, 0.1) is 11.6 Å². The van der Waals surface area contributed by atoms with Gasteiger partial charge in [0.2, 0.25) is 0 Å². The maximum atomic E-state index is 12.2. The summed E-state index contributed by atoms with van der Waals surface area (Å²) in [4.78, 5) is 12.8. The Morgan fingerprint density at radius 2 is 1.54 bits per heavy atom. The van der Waals surface area contributed by atoms with Gasteiger partial charge in [0, 0.05) is 5.54 Å². The van der Waals surface area contributed by atoms with Crippen molar-refractivity contribution < 1.29 is 32.9 Å². The van der Waals surface area contributed by atoms with E-state index >= 15 is 0 Å². The standard InChI is InChI=1S/C16H22F3NO4/c1-14(2,3)20(13(21)22)12(15(4,5)23)10-6-8-11(9-7-10)24-16(17,18)19/h6-9,12,23H,1-5H3,(H,21,22). The molecule has 0 saturated carbocycles. The van der Waals surface area contributed by atoms with E-state index in [2.05, 4.69) is 4.74 Å². The van der Waals surface area contributed by atoms with Crippen LogP contribution in [0.2, 0.25) is 0 Å². The van der Waals surface area contributed by atoms with Gasteiger partial charge in [-0.05, 0) is 52.3 Å². The second-order valence-corrected chi connectivity index (χ2v) is 7.00. The molecule has 136 valence electrons. The average Bonchev–Trinajstić information content (AvgIpc) is 2.31. The van der Waals surface area contributed by atoms with Crippen molar-refractivity contribution in [3.63, 3.8) is 0 Å². The molecular formula is C16H22F3NO4. The van der Waals surface area contributed by atoms with Gasteiger partial charge in [-0.25, -0.2) is 4.79 Å². The lowest BCUT2D eigenvalue weighted by Gasteiger charge is -2.44. The first-order valence-electron chi connectivity index (χ1n) is 7.23. The fourth-order valence-corrected chi connectivity index (χ4v) is 2.51. The quantitative estimate of drug-likeness (QED) is 0.856. The predicted octanol–water partition coefficient (Wildman–Crippen LogP) is 4.18. The van der Waals surface area contributed by atoms with Crippen LogP contribution in [0.15, 0.2) is 24.3 Å². The number of hydrogen-bond acceptors (Lipinski definition) is 3. The third-order valence-electron chi connectivity index (χ3n) is 3.29. The molecular weight excluding hydrogens is 327 g/mol. The Hall–Kier alpha value is -1.96. The summed E-state index contributed by atoms with van der Waals surface area (Å²) < 4.78 is 40.5. The Morgan fingerprint density at radius 3 is 1.83 bits per heavy atom. The van der Waals surface area contributed by atoms with Crippen LogP contribution in [0, 0.1) is 0 Å². The Morgan fingerprint density at radius 1 is 1.08 bits per heavy atom. The van der Waals surface area contributed by atoms with Gasteiger partial charge in [-0.3, -0.25) is 4.90 Å². The van der Waals surface area contributed by atoms with Crippen LogP contribution in [0.5, 0.6) is 5.75 Å². The van der Waals surface area contributed by atoms with E-state index in [0.717, 1.165) is 17.0 Å². The minimum atomic E-state index is -4.81. The molecule has 2 N–H and O–H groups in total. The van der Waals surface area contributed by atoms with Gasteiger partial charge >= 0.3 is 12.5 Å². The largest absolute Gasteiger partial charge is 0.573 e. The van der Waals surface area contributed by atoms with Crippen LogP contribution < -0.4 is 4.74 Å². The molecule has 0 fully saturated rings. The Bertz CT molecular complexity index is 571. The summed E-state index contributed by atoms with van der Waals surface area (Å²) in [6.07, 6.45) is -6.05. The fraction of sp³-hybridized carbons (Fsp3) is 0.562. The zero-order valence-corrected chi connectivity index (χ0v) is 14.2.